The van der Waals surface area contributed by atoms with Gasteiger partial charge < -0.3 is 4.90 Å². The summed E-state index contributed by atoms with van der Waals surface area (Å²) in [7, 11) is 0. The van der Waals surface area contributed by atoms with Gasteiger partial charge in [0, 0.05) is 25.2 Å². The van der Waals surface area contributed by atoms with E-state index in [1.165, 1.54) is 12.1 Å². The SMILES string of the molecule is C=CC(=O)N1CC(C=Cc2ccc(C(F)(F)F)cn2)C1. The highest BCUT2D eigenvalue weighted by Crippen LogP contribution is 2.28. The van der Waals surface area contributed by atoms with Crippen molar-refractivity contribution in [1.29, 1.82) is 0 Å². The standard InChI is InChI=1S/C14H13F3N2O/c1-2-13(20)19-8-10(9-19)3-5-12-6-4-11(7-18-12)14(15,16)17/h2-7,10H,1,8-9H2. The normalized spacial score (nSPS) is 16.2. The second-order valence-electron chi connectivity index (χ2n) is 4.54. The second-order valence-corrected chi connectivity index (χ2v) is 4.54. The lowest BCUT2D eigenvalue weighted by Gasteiger charge is -2.36. The smallest absolute Gasteiger partial charge is 0.338 e. The van der Waals surface area contributed by atoms with E-state index in [0.29, 0.717) is 18.8 Å². The van der Waals surface area contributed by atoms with Crippen molar-refractivity contribution in [3.8, 4) is 0 Å². The van der Waals surface area contributed by atoms with Crippen molar-refractivity contribution in [3.05, 3.63) is 48.3 Å². The number of hydrogen-bond acceptors (Lipinski definition) is 2. The number of pyridine rings is 1. The van der Waals surface area contributed by atoms with E-state index in [1.54, 1.807) is 11.0 Å². The molecule has 0 saturated carbocycles. The molecule has 1 aromatic rings. The summed E-state index contributed by atoms with van der Waals surface area (Å²) in [5, 5.41) is 0. The Balaban J connectivity index is 1.90. The molecule has 6 heteroatoms. The first-order chi connectivity index (χ1) is 9.40. The Morgan fingerprint density at radius 2 is 2.10 bits per heavy atom. The lowest BCUT2D eigenvalue weighted by atomic mass is 9.99. The molecule has 0 N–H and O–H groups in total. The Morgan fingerprint density at radius 3 is 2.60 bits per heavy atom. The van der Waals surface area contributed by atoms with Crippen LogP contribution in [-0.2, 0) is 11.0 Å². The maximum atomic E-state index is 12.3. The minimum Gasteiger partial charge on any atom is -0.338 e. The first kappa shape index (κ1) is 14.3. The molecule has 1 aromatic heterocycles. The molecule has 2 heterocycles. The maximum Gasteiger partial charge on any atom is 0.417 e. The van der Waals surface area contributed by atoms with Crippen molar-refractivity contribution in [2.75, 3.05) is 13.1 Å². The minimum absolute atomic E-state index is 0.109. The van der Waals surface area contributed by atoms with Gasteiger partial charge in [0.05, 0.1) is 11.3 Å². The molecule has 1 fully saturated rings. The summed E-state index contributed by atoms with van der Waals surface area (Å²) in [5.41, 5.74) is -0.299. The molecule has 1 amide bonds. The monoisotopic (exact) mass is 282 g/mol. The molecule has 1 saturated heterocycles. The Morgan fingerprint density at radius 1 is 1.40 bits per heavy atom. The van der Waals surface area contributed by atoms with Gasteiger partial charge in [-0.3, -0.25) is 9.78 Å². The van der Waals surface area contributed by atoms with E-state index in [2.05, 4.69) is 11.6 Å². The summed E-state index contributed by atoms with van der Waals surface area (Å²) in [5.74, 6) is 0.102. The molecule has 0 atom stereocenters. The molecule has 3 nitrogen and oxygen atoms in total. The fraction of sp³-hybridized carbons (Fsp3) is 0.286. The Hall–Kier alpha value is -2.11. The number of carbonyl (C=O) groups excluding carboxylic acids is 1. The summed E-state index contributed by atoms with van der Waals surface area (Å²) in [6.07, 6.45) is 1.23. The van der Waals surface area contributed by atoms with Crippen LogP contribution >= 0.6 is 0 Å². The zero-order valence-corrected chi connectivity index (χ0v) is 10.6. The molecule has 106 valence electrons. The molecule has 0 unspecified atom stereocenters. The summed E-state index contributed by atoms with van der Waals surface area (Å²) in [4.78, 5) is 16.6. The largest absolute Gasteiger partial charge is 0.417 e. The molecule has 1 aliphatic rings. The summed E-state index contributed by atoms with van der Waals surface area (Å²) in [6.45, 7) is 4.60. The van der Waals surface area contributed by atoms with Crippen LogP contribution in [-0.4, -0.2) is 28.9 Å². The molecule has 0 bridgehead atoms. The third-order valence-corrected chi connectivity index (χ3v) is 3.05. The van der Waals surface area contributed by atoms with Gasteiger partial charge in [0.2, 0.25) is 5.91 Å². The van der Waals surface area contributed by atoms with Gasteiger partial charge in [0.1, 0.15) is 0 Å². The van der Waals surface area contributed by atoms with Crippen LogP contribution in [0.5, 0.6) is 0 Å². The van der Waals surface area contributed by atoms with Crippen LogP contribution < -0.4 is 0 Å². The third kappa shape index (κ3) is 3.26. The predicted molar refractivity (Wildman–Crippen MR) is 68.5 cm³/mol. The van der Waals surface area contributed by atoms with Crippen molar-refractivity contribution < 1.29 is 18.0 Å². The van der Waals surface area contributed by atoms with Crippen molar-refractivity contribution in [1.82, 2.24) is 9.88 Å². The number of carbonyl (C=O) groups is 1. The molecule has 2 rings (SSSR count). The fourth-order valence-corrected chi connectivity index (χ4v) is 1.85. The lowest BCUT2D eigenvalue weighted by molar-refractivity contribution is -0.137. The Bertz CT molecular complexity index is 528. The molecule has 1 aliphatic heterocycles. The van der Waals surface area contributed by atoms with Crippen LogP contribution in [0.25, 0.3) is 6.08 Å². The average Bonchev–Trinajstić information content (AvgIpc) is 2.36. The van der Waals surface area contributed by atoms with Crippen molar-refractivity contribution in [2.24, 2.45) is 5.92 Å². The quantitative estimate of drug-likeness (QED) is 0.799. The molecular formula is C14H13F3N2O. The zero-order chi connectivity index (χ0) is 14.8. The fourth-order valence-electron chi connectivity index (χ4n) is 1.85. The van der Waals surface area contributed by atoms with E-state index in [9.17, 15) is 18.0 Å². The van der Waals surface area contributed by atoms with Gasteiger partial charge in [0.25, 0.3) is 0 Å². The van der Waals surface area contributed by atoms with Crippen LogP contribution in [0.2, 0.25) is 0 Å². The van der Waals surface area contributed by atoms with Gasteiger partial charge in [-0.05, 0) is 24.3 Å². The summed E-state index contributed by atoms with van der Waals surface area (Å²) >= 11 is 0. The van der Waals surface area contributed by atoms with Gasteiger partial charge >= 0.3 is 6.18 Å². The van der Waals surface area contributed by atoms with Gasteiger partial charge in [-0.15, -0.1) is 0 Å². The van der Waals surface area contributed by atoms with E-state index in [4.69, 9.17) is 0 Å². The Kier molecular flexibility index (Phi) is 3.92. The summed E-state index contributed by atoms with van der Waals surface area (Å²) < 4.78 is 37.0. The number of alkyl halides is 3. The Labute approximate surface area is 114 Å². The number of aromatic nitrogens is 1. The van der Waals surface area contributed by atoms with Crippen LogP contribution in [0.3, 0.4) is 0 Å². The molecular weight excluding hydrogens is 269 g/mol. The van der Waals surface area contributed by atoms with Gasteiger partial charge in [-0.2, -0.15) is 13.2 Å². The number of halogens is 3. The van der Waals surface area contributed by atoms with Crippen molar-refractivity contribution >= 4 is 12.0 Å². The number of likely N-dealkylation sites (tertiary alicyclic amines) is 1. The van der Waals surface area contributed by atoms with Crippen LogP contribution in [0.1, 0.15) is 11.3 Å². The molecule has 20 heavy (non-hydrogen) atoms. The average molecular weight is 282 g/mol. The first-order valence-electron chi connectivity index (χ1n) is 6.03. The highest BCUT2D eigenvalue weighted by Gasteiger charge is 2.30. The van der Waals surface area contributed by atoms with E-state index < -0.39 is 11.7 Å². The third-order valence-electron chi connectivity index (χ3n) is 3.05. The van der Waals surface area contributed by atoms with E-state index in [1.807, 2.05) is 6.08 Å². The minimum atomic E-state index is -4.37. The van der Waals surface area contributed by atoms with Crippen molar-refractivity contribution in [2.45, 2.75) is 6.18 Å². The molecule has 0 aromatic carbocycles. The highest BCUT2D eigenvalue weighted by atomic mass is 19.4. The molecule has 0 radical (unpaired) electrons. The highest BCUT2D eigenvalue weighted by molar-refractivity contribution is 5.87. The first-order valence-corrected chi connectivity index (χ1v) is 6.03. The summed E-state index contributed by atoms with van der Waals surface area (Å²) in [6, 6.07) is 2.33. The number of rotatable bonds is 3. The second kappa shape index (κ2) is 5.48. The number of amides is 1. The van der Waals surface area contributed by atoms with Crippen LogP contribution in [0, 0.1) is 5.92 Å². The van der Waals surface area contributed by atoms with Crippen LogP contribution in [0.4, 0.5) is 13.2 Å². The van der Waals surface area contributed by atoms with Gasteiger partial charge in [0.15, 0.2) is 0 Å². The number of hydrogen-bond donors (Lipinski definition) is 0. The van der Waals surface area contributed by atoms with Gasteiger partial charge in [-0.25, -0.2) is 0 Å². The van der Waals surface area contributed by atoms with Crippen LogP contribution in [0.15, 0.2) is 37.1 Å². The van der Waals surface area contributed by atoms with Crippen molar-refractivity contribution in [3.63, 3.8) is 0 Å². The lowest BCUT2D eigenvalue weighted by Crippen LogP contribution is -2.48. The van der Waals surface area contributed by atoms with E-state index in [-0.39, 0.29) is 11.8 Å². The molecule has 0 spiro atoms. The van der Waals surface area contributed by atoms with E-state index in [0.717, 1.165) is 12.3 Å². The zero-order valence-electron chi connectivity index (χ0n) is 10.6. The predicted octanol–water partition coefficient (Wildman–Crippen LogP) is 2.76. The maximum absolute atomic E-state index is 12.3. The molecule has 0 aliphatic carbocycles. The van der Waals surface area contributed by atoms with Gasteiger partial charge in [-0.1, -0.05) is 12.7 Å². The topological polar surface area (TPSA) is 33.2 Å². The van der Waals surface area contributed by atoms with E-state index >= 15 is 0 Å². The number of nitrogens with zero attached hydrogens (tertiary/aromatic N) is 2.